The first kappa shape index (κ1) is 20.4. The third-order valence-corrected chi connectivity index (χ3v) is 3.62. The molecule has 2 aromatic rings. The molecule has 0 aromatic heterocycles. The summed E-state index contributed by atoms with van der Waals surface area (Å²) in [6.07, 6.45) is -1.69. The lowest BCUT2D eigenvalue weighted by Crippen LogP contribution is -2.12. The summed E-state index contributed by atoms with van der Waals surface area (Å²) >= 11 is 1.08. The van der Waals surface area contributed by atoms with Crippen molar-refractivity contribution >= 4 is 22.6 Å². The highest BCUT2D eigenvalue weighted by atomic mass is 32.2. The average molecular weight is 405 g/mol. The average Bonchev–Trinajstić information content (AvgIpc) is 2.58. The molecule has 0 atom stereocenters. The van der Waals surface area contributed by atoms with E-state index >= 15 is 0 Å². The predicted octanol–water partition coefficient (Wildman–Crippen LogP) is 5.34. The molecule has 0 aliphatic rings. The lowest BCUT2D eigenvalue weighted by atomic mass is 10.2. The molecule has 0 saturated heterocycles. The van der Waals surface area contributed by atoms with Gasteiger partial charge < -0.3 is 4.74 Å². The maximum atomic E-state index is 14.1. The summed E-state index contributed by atoms with van der Waals surface area (Å²) in [5, 5.41) is 11.0. The Kier molecular flexibility index (Phi) is 6.22. The van der Waals surface area contributed by atoms with Crippen LogP contribution >= 0.6 is 11.8 Å². The molecule has 4 nitrogen and oxygen atoms in total. The summed E-state index contributed by atoms with van der Waals surface area (Å²) in [5.41, 5.74) is -1.47. The maximum absolute atomic E-state index is 14.1. The van der Waals surface area contributed by atoms with Crippen molar-refractivity contribution in [2.24, 2.45) is 4.99 Å². The molecule has 0 heterocycles. The van der Waals surface area contributed by atoms with Crippen molar-refractivity contribution in [1.29, 1.82) is 5.26 Å². The lowest BCUT2D eigenvalue weighted by molar-refractivity contribution is -0.138. The molecule has 0 amide bonds. The number of halogens is 6. The van der Waals surface area contributed by atoms with Crippen molar-refractivity contribution in [2.75, 3.05) is 6.26 Å². The monoisotopic (exact) mass is 405 g/mol. The molecule has 0 bridgehead atoms. The molecule has 11 heteroatoms. The van der Waals surface area contributed by atoms with Gasteiger partial charge in [-0.25, -0.2) is 18.2 Å². The van der Waals surface area contributed by atoms with Gasteiger partial charge in [-0.2, -0.15) is 18.4 Å². The molecule has 27 heavy (non-hydrogen) atoms. The molecule has 2 rings (SSSR count). The van der Waals surface area contributed by atoms with Gasteiger partial charge in [-0.3, -0.25) is 5.32 Å². The van der Waals surface area contributed by atoms with Gasteiger partial charge in [-0.05, 0) is 30.5 Å². The van der Waals surface area contributed by atoms with E-state index in [9.17, 15) is 26.3 Å². The van der Waals surface area contributed by atoms with Crippen LogP contribution in [0.15, 0.2) is 35.3 Å². The van der Waals surface area contributed by atoms with Crippen molar-refractivity contribution in [3.05, 3.63) is 53.3 Å². The Morgan fingerprint density at radius 3 is 2.22 bits per heavy atom. The van der Waals surface area contributed by atoms with Gasteiger partial charge in [0.15, 0.2) is 40.3 Å². The van der Waals surface area contributed by atoms with E-state index in [4.69, 9.17) is 10.00 Å². The van der Waals surface area contributed by atoms with Gasteiger partial charge >= 0.3 is 6.18 Å². The Hall–Kier alpha value is -2.87. The van der Waals surface area contributed by atoms with E-state index in [0.29, 0.717) is 0 Å². The summed E-state index contributed by atoms with van der Waals surface area (Å²) in [5.74, 6) is -6.12. The Bertz CT molecular complexity index is 900. The number of benzene rings is 2. The van der Waals surface area contributed by atoms with Gasteiger partial charge in [0, 0.05) is 6.07 Å². The second kappa shape index (κ2) is 8.22. The minimum absolute atomic E-state index is 0.0489. The molecule has 142 valence electrons. The standard InChI is InChI=1S/C16H9F6N3OS/c1-27-15(24-7-23)25-9-2-3-13(10(17)6-9)26-14-11(18)4-8(5-12(14)19)16(20,21)22/h2-6H,1H3,(H,24,25). The Labute approximate surface area is 153 Å². The second-order valence-corrected chi connectivity index (χ2v) is 5.64. The van der Waals surface area contributed by atoms with Crippen LogP contribution in [0, 0.1) is 28.9 Å². The number of nitrogens with zero attached hydrogens (tertiary/aromatic N) is 2. The van der Waals surface area contributed by atoms with Crippen LogP contribution in [0.3, 0.4) is 0 Å². The molecule has 0 saturated carbocycles. The van der Waals surface area contributed by atoms with E-state index < -0.39 is 40.7 Å². The van der Waals surface area contributed by atoms with Crippen LogP contribution in [0.5, 0.6) is 11.5 Å². The van der Waals surface area contributed by atoms with E-state index in [-0.39, 0.29) is 23.0 Å². The lowest BCUT2D eigenvalue weighted by Gasteiger charge is -2.12. The topological polar surface area (TPSA) is 57.4 Å². The quantitative estimate of drug-likeness (QED) is 0.246. The SMILES string of the molecule is CSC(=Nc1ccc(Oc2c(F)cc(C(F)(F)F)cc2F)c(F)c1)NC#N. The summed E-state index contributed by atoms with van der Waals surface area (Å²) in [6.45, 7) is 0. The largest absolute Gasteiger partial charge is 0.448 e. The smallest absolute Gasteiger partial charge is 0.416 e. The Morgan fingerprint density at radius 2 is 1.74 bits per heavy atom. The first-order chi connectivity index (χ1) is 12.7. The fraction of sp³-hybridized carbons (Fsp3) is 0.125. The number of aliphatic imine (C=N–C) groups is 1. The molecular weight excluding hydrogens is 396 g/mol. The highest BCUT2D eigenvalue weighted by Gasteiger charge is 2.33. The number of rotatable bonds is 3. The molecule has 2 aromatic carbocycles. The van der Waals surface area contributed by atoms with Crippen molar-refractivity contribution in [2.45, 2.75) is 6.18 Å². The molecule has 0 fully saturated rings. The maximum Gasteiger partial charge on any atom is 0.416 e. The summed E-state index contributed by atoms with van der Waals surface area (Å²) in [7, 11) is 0. The zero-order valence-corrected chi connectivity index (χ0v) is 14.2. The van der Waals surface area contributed by atoms with Crippen LogP contribution < -0.4 is 10.1 Å². The van der Waals surface area contributed by atoms with Crippen molar-refractivity contribution in [3.8, 4) is 17.7 Å². The van der Waals surface area contributed by atoms with Crippen molar-refractivity contribution in [1.82, 2.24) is 5.32 Å². The van der Waals surface area contributed by atoms with Crippen molar-refractivity contribution < 1.29 is 31.1 Å². The van der Waals surface area contributed by atoms with E-state index in [1.165, 1.54) is 6.07 Å². The highest BCUT2D eigenvalue weighted by molar-refractivity contribution is 8.13. The molecule has 0 radical (unpaired) electrons. The number of hydrogen-bond donors (Lipinski definition) is 1. The third-order valence-electron chi connectivity index (χ3n) is 3.04. The normalized spacial score (nSPS) is 11.9. The molecule has 0 aliphatic heterocycles. The Morgan fingerprint density at radius 1 is 1.11 bits per heavy atom. The molecule has 0 unspecified atom stereocenters. The third kappa shape index (κ3) is 5.07. The first-order valence-electron chi connectivity index (χ1n) is 6.97. The molecule has 0 aliphatic carbocycles. The summed E-state index contributed by atoms with van der Waals surface area (Å²) in [4.78, 5) is 3.93. The fourth-order valence-electron chi connectivity index (χ4n) is 1.86. The Balaban J connectivity index is 2.33. The minimum Gasteiger partial charge on any atom is -0.448 e. The van der Waals surface area contributed by atoms with E-state index in [1.54, 1.807) is 12.4 Å². The van der Waals surface area contributed by atoms with E-state index in [1.807, 2.05) is 0 Å². The first-order valence-corrected chi connectivity index (χ1v) is 8.19. The van der Waals surface area contributed by atoms with Crippen LogP contribution in [0.1, 0.15) is 5.56 Å². The highest BCUT2D eigenvalue weighted by Crippen LogP contribution is 2.36. The number of nitrogens with one attached hydrogen (secondary N) is 1. The van der Waals surface area contributed by atoms with Gasteiger partial charge in [0.05, 0.1) is 11.3 Å². The number of hydrogen-bond acceptors (Lipinski definition) is 4. The van der Waals surface area contributed by atoms with Gasteiger partial charge in [0.1, 0.15) is 0 Å². The molecule has 0 spiro atoms. The number of amidine groups is 1. The van der Waals surface area contributed by atoms with Gasteiger partial charge in [-0.15, -0.1) is 0 Å². The number of nitriles is 1. The van der Waals surface area contributed by atoms with E-state index in [2.05, 4.69) is 10.3 Å². The van der Waals surface area contributed by atoms with Gasteiger partial charge in [-0.1, -0.05) is 11.8 Å². The minimum atomic E-state index is -4.95. The zero-order chi connectivity index (χ0) is 20.2. The van der Waals surface area contributed by atoms with Crippen LogP contribution in [-0.4, -0.2) is 11.4 Å². The van der Waals surface area contributed by atoms with Crippen LogP contribution in [-0.2, 0) is 6.18 Å². The van der Waals surface area contributed by atoms with Crippen LogP contribution in [0.4, 0.5) is 32.0 Å². The summed E-state index contributed by atoms with van der Waals surface area (Å²) < 4.78 is 84.0. The van der Waals surface area contributed by atoms with Crippen LogP contribution in [0.25, 0.3) is 0 Å². The predicted molar refractivity (Wildman–Crippen MR) is 87.2 cm³/mol. The number of alkyl halides is 3. The summed E-state index contributed by atoms with van der Waals surface area (Å²) in [6, 6.07) is 3.19. The van der Waals surface area contributed by atoms with Gasteiger partial charge in [0.2, 0.25) is 0 Å². The second-order valence-electron chi connectivity index (χ2n) is 4.84. The molecular formula is C16H9F6N3OS. The molecule has 1 N–H and O–H groups in total. The zero-order valence-electron chi connectivity index (χ0n) is 13.4. The fourth-order valence-corrected chi connectivity index (χ4v) is 2.21. The van der Waals surface area contributed by atoms with Crippen LogP contribution in [0.2, 0.25) is 0 Å². The van der Waals surface area contributed by atoms with E-state index in [0.717, 1.165) is 23.9 Å². The van der Waals surface area contributed by atoms with Gasteiger partial charge in [0.25, 0.3) is 0 Å². The number of ether oxygens (including phenoxy) is 1. The van der Waals surface area contributed by atoms with Crippen molar-refractivity contribution in [3.63, 3.8) is 0 Å². The number of thioether (sulfide) groups is 1.